The maximum absolute atomic E-state index is 2.31. The van der Waals surface area contributed by atoms with Crippen LogP contribution in [-0.4, -0.2) is 5.43 Å². The predicted molar refractivity (Wildman–Crippen MR) is 227 cm³/mol. The zero-order chi connectivity index (χ0) is 36.9. The molecule has 0 heterocycles. The fourth-order valence-corrected chi connectivity index (χ4v) is 6.83. The van der Waals surface area contributed by atoms with E-state index in [1.165, 1.54) is 99.4 Å². The summed E-state index contributed by atoms with van der Waals surface area (Å²) in [5, 5.41) is 5.37. The quantitative estimate of drug-likeness (QED) is 0.124. The third-order valence-corrected chi connectivity index (χ3v) is 9.51. The Morgan fingerprint density at radius 3 is 0.852 bits per heavy atom. The van der Waals surface area contributed by atoms with Crippen molar-refractivity contribution in [2.75, 3.05) is 0 Å². The number of hydrogen-bond acceptors (Lipinski definition) is 0. The average molecular weight is 839 g/mol. The van der Waals surface area contributed by atoms with E-state index in [1.807, 2.05) is 0 Å². The molecule has 8 aromatic rings. The smallest absolute Gasteiger partial charge is 0.0279 e. The minimum atomic E-state index is 0. The molecule has 54 heavy (non-hydrogen) atoms. The van der Waals surface area contributed by atoms with Crippen LogP contribution in [0.25, 0.3) is 66.1 Å². The van der Waals surface area contributed by atoms with E-state index in [9.17, 15) is 0 Å². The molecule has 0 bridgehead atoms. The molecule has 8 rings (SSSR count). The molecule has 0 unspecified atom stereocenters. The molecule has 0 aliphatic rings. The van der Waals surface area contributed by atoms with Crippen molar-refractivity contribution in [1.82, 2.24) is 0 Å². The van der Waals surface area contributed by atoms with E-state index in [1.54, 1.807) is 23.3 Å². The first-order valence-electron chi connectivity index (χ1n) is 18.2. The third kappa shape index (κ3) is 10.3. The standard InChI is InChI=1S/2C24H21.C2H6Si.2ClH.Zr/c2*1-16-4-8-19(9-5-16)21-12-13-22(20-10-6-17(2)7-11-20)24-15-18(3)14-23(21)24;1-3-2;;;/h2*4-15H,1-3H3;1-2H3;2*1H;/q2*-1;;;;+2/p-2. The Bertz CT molecular complexity index is 2120. The van der Waals surface area contributed by atoms with Crippen molar-refractivity contribution >= 4 is 27.0 Å². The Balaban J connectivity index is 0.000000212. The molecule has 0 saturated carbocycles. The van der Waals surface area contributed by atoms with E-state index in [-0.39, 0.29) is 30.2 Å². The second kappa shape index (κ2) is 19.2. The van der Waals surface area contributed by atoms with Crippen molar-refractivity contribution < 1.29 is 48.1 Å². The molecular formula is C50H48Cl2SiZr-2. The number of halogens is 2. The first-order valence-corrected chi connectivity index (χ1v) is 24.4. The maximum atomic E-state index is 2.31. The molecule has 0 N–H and O–H groups in total. The van der Waals surface area contributed by atoms with Crippen molar-refractivity contribution in [2.24, 2.45) is 0 Å². The van der Waals surface area contributed by atoms with Gasteiger partial charge in [0, 0.05) is 0 Å². The molecule has 8 aromatic carbocycles. The molecule has 0 amide bonds. The molecule has 0 spiro atoms. The van der Waals surface area contributed by atoms with Crippen LogP contribution in [0, 0.1) is 41.5 Å². The predicted octanol–water partition coefficient (Wildman–Crippen LogP) is 8.43. The van der Waals surface area contributed by atoms with Gasteiger partial charge in [0.2, 0.25) is 0 Å². The molecule has 0 aromatic heterocycles. The second-order valence-corrected chi connectivity index (χ2v) is 23.9. The Kier molecular flexibility index (Phi) is 15.3. The number of hydrogen-bond donors (Lipinski definition) is 0. The molecule has 0 fully saturated rings. The molecule has 0 aliphatic carbocycles. The minimum Gasteiger partial charge on any atom is -1.00 e. The number of aryl methyl sites for hydroxylation is 6. The van der Waals surface area contributed by atoms with Crippen LogP contribution in [0.15, 0.2) is 146 Å². The van der Waals surface area contributed by atoms with Crippen LogP contribution in [-0.2, 0) is 23.3 Å². The summed E-state index contributed by atoms with van der Waals surface area (Å²) < 4.78 is 0. The van der Waals surface area contributed by atoms with E-state index in [0.717, 1.165) is 0 Å². The van der Waals surface area contributed by atoms with Gasteiger partial charge in [-0.2, -0.15) is 12.1 Å². The Morgan fingerprint density at radius 2 is 0.593 bits per heavy atom. The number of rotatable bonds is 4. The Hall–Kier alpha value is -3.78. The van der Waals surface area contributed by atoms with Crippen molar-refractivity contribution in [3.63, 3.8) is 0 Å². The summed E-state index contributed by atoms with van der Waals surface area (Å²) in [6, 6.07) is 53.5. The zero-order valence-corrected chi connectivity index (χ0v) is 37.6. The average Bonchev–Trinajstić information content (AvgIpc) is 3.71. The van der Waals surface area contributed by atoms with Gasteiger partial charge in [0.05, 0.1) is 0 Å². The van der Waals surface area contributed by atoms with Gasteiger partial charge >= 0.3 is 41.9 Å². The number of benzene rings is 6. The Morgan fingerprint density at radius 1 is 0.370 bits per heavy atom. The summed E-state index contributed by atoms with van der Waals surface area (Å²) in [4.78, 5) is 0. The molecule has 0 radical (unpaired) electrons. The largest absolute Gasteiger partial charge is 1.00 e. The van der Waals surface area contributed by atoms with Gasteiger partial charge < -0.3 is 24.8 Å². The van der Waals surface area contributed by atoms with Gasteiger partial charge in [0.1, 0.15) is 0 Å². The molecule has 0 saturated heterocycles. The summed E-state index contributed by atoms with van der Waals surface area (Å²) in [7, 11) is 0. The summed E-state index contributed by atoms with van der Waals surface area (Å²) in [6.45, 7) is 17.5. The summed E-state index contributed by atoms with van der Waals surface area (Å²) in [5.74, 6) is 0. The van der Waals surface area contributed by atoms with Gasteiger partial charge in [-0.15, -0.1) is 44.8 Å². The molecule has 4 heteroatoms. The summed E-state index contributed by atoms with van der Waals surface area (Å²) in [6.07, 6.45) is 0. The topological polar surface area (TPSA) is 0 Å². The monoisotopic (exact) mass is 836 g/mol. The van der Waals surface area contributed by atoms with Crippen LogP contribution in [0.1, 0.15) is 33.4 Å². The van der Waals surface area contributed by atoms with Crippen LogP contribution < -0.4 is 24.8 Å². The van der Waals surface area contributed by atoms with Gasteiger partial charge in [-0.05, 0) is 38.8 Å². The maximum Gasteiger partial charge on any atom is -0.0279 e. The van der Waals surface area contributed by atoms with Gasteiger partial charge in [0.15, 0.2) is 0 Å². The normalized spacial score (nSPS) is 10.4. The van der Waals surface area contributed by atoms with E-state index < -0.39 is 0 Å². The van der Waals surface area contributed by atoms with Crippen molar-refractivity contribution in [3.8, 4) is 44.5 Å². The zero-order valence-electron chi connectivity index (χ0n) is 32.6. The fourth-order valence-electron chi connectivity index (χ4n) is 6.83. The second-order valence-electron chi connectivity index (χ2n) is 14.5. The SMILES string of the molecule is C[Si](C)=[Zr+2].Cc1ccc(-c2ccc(-c3ccc(C)cc3)c3[cH-]c(C)cc23)cc1.Cc1ccc(-c2ccc(-c3ccc(C)cc3)c3[cH-]c(C)cc23)cc1.[Cl-].[Cl-]. The third-order valence-electron chi connectivity index (χ3n) is 9.51. The number of fused-ring (bicyclic) bond motifs is 2. The van der Waals surface area contributed by atoms with E-state index in [4.69, 9.17) is 0 Å². The van der Waals surface area contributed by atoms with E-state index in [0.29, 0.717) is 0 Å². The van der Waals surface area contributed by atoms with Crippen LogP contribution >= 0.6 is 0 Å². The molecule has 0 atom stereocenters. The first-order chi connectivity index (χ1) is 25.0. The van der Waals surface area contributed by atoms with Gasteiger partial charge in [-0.3, -0.25) is 0 Å². The molecule has 272 valence electrons. The van der Waals surface area contributed by atoms with Crippen molar-refractivity contribution in [1.29, 1.82) is 0 Å². The van der Waals surface area contributed by atoms with Crippen LogP contribution in [0.2, 0.25) is 13.1 Å². The van der Waals surface area contributed by atoms with Crippen LogP contribution in [0.5, 0.6) is 0 Å². The van der Waals surface area contributed by atoms with E-state index >= 15 is 0 Å². The summed E-state index contributed by atoms with van der Waals surface area (Å²) in [5.41, 5.74) is 18.4. The van der Waals surface area contributed by atoms with E-state index in [2.05, 4.69) is 200 Å². The van der Waals surface area contributed by atoms with Gasteiger partial charge in [-0.1, -0.05) is 191 Å². The van der Waals surface area contributed by atoms with Crippen LogP contribution in [0.3, 0.4) is 0 Å². The Labute approximate surface area is 350 Å². The van der Waals surface area contributed by atoms with Crippen molar-refractivity contribution in [2.45, 2.75) is 54.6 Å². The summed E-state index contributed by atoms with van der Waals surface area (Å²) >= 11 is 1.74. The minimum absolute atomic E-state index is 0. The fraction of sp³-hybridized carbons (Fsp3) is 0.160. The van der Waals surface area contributed by atoms with Gasteiger partial charge in [0.25, 0.3) is 0 Å². The van der Waals surface area contributed by atoms with Crippen molar-refractivity contribution in [3.05, 3.63) is 179 Å². The molecular weight excluding hydrogens is 791 g/mol. The first kappa shape index (κ1) is 43.0. The molecule has 0 aliphatic heterocycles. The van der Waals surface area contributed by atoms with Crippen LogP contribution in [0.4, 0.5) is 0 Å². The van der Waals surface area contributed by atoms with Gasteiger partial charge in [-0.25, -0.2) is 0 Å². The molecule has 0 nitrogen and oxygen atoms in total.